The van der Waals surface area contributed by atoms with E-state index in [1.54, 1.807) is 19.2 Å². The summed E-state index contributed by atoms with van der Waals surface area (Å²) in [6.45, 7) is 4.04. The molecule has 94 valence electrons. The Morgan fingerprint density at radius 2 is 1.88 bits per heavy atom. The van der Waals surface area contributed by atoms with Gasteiger partial charge in [-0.1, -0.05) is 13.8 Å². The minimum Gasteiger partial charge on any atom is -0.320 e. The molecule has 0 bridgehead atoms. The maximum atomic E-state index is 12.8. The third kappa shape index (κ3) is 3.82. The third-order valence-corrected chi connectivity index (χ3v) is 2.59. The molecular formula is C13H19FN2O. The quantitative estimate of drug-likeness (QED) is 0.873. The van der Waals surface area contributed by atoms with Gasteiger partial charge in [-0.3, -0.25) is 4.79 Å². The van der Waals surface area contributed by atoms with E-state index in [4.69, 9.17) is 5.73 Å². The number of benzene rings is 1. The highest BCUT2D eigenvalue weighted by Gasteiger charge is 2.19. The number of hydrogen-bond acceptors (Lipinski definition) is 2. The Labute approximate surface area is 101 Å². The van der Waals surface area contributed by atoms with Gasteiger partial charge in [0, 0.05) is 12.7 Å². The van der Waals surface area contributed by atoms with Gasteiger partial charge in [-0.25, -0.2) is 4.39 Å². The van der Waals surface area contributed by atoms with E-state index in [0.717, 1.165) is 0 Å². The van der Waals surface area contributed by atoms with E-state index in [9.17, 15) is 9.18 Å². The molecule has 0 aliphatic carbocycles. The zero-order valence-corrected chi connectivity index (χ0v) is 10.5. The fourth-order valence-electron chi connectivity index (χ4n) is 1.65. The van der Waals surface area contributed by atoms with E-state index < -0.39 is 6.04 Å². The van der Waals surface area contributed by atoms with Crippen molar-refractivity contribution in [3.63, 3.8) is 0 Å². The average Bonchev–Trinajstić information content (AvgIpc) is 2.27. The Morgan fingerprint density at radius 3 is 2.35 bits per heavy atom. The molecule has 3 nitrogen and oxygen atoms in total. The number of likely N-dealkylation sites (N-methyl/N-ethyl adjacent to an activating group) is 1. The minimum atomic E-state index is -0.509. The van der Waals surface area contributed by atoms with Gasteiger partial charge < -0.3 is 10.6 Å². The van der Waals surface area contributed by atoms with E-state index in [0.29, 0.717) is 18.0 Å². The van der Waals surface area contributed by atoms with Crippen LogP contribution in [0.3, 0.4) is 0 Å². The predicted octanol–water partition coefficient (Wildman–Crippen LogP) is 2.16. The lowest BCUT2D eigenvalue weighted by molar-refractivity contribution is -0.119. The van der Waals surface area contributed by atoms with Crippen LogP contribution in [0, 0.1) is 11.7 Å². The zero-order chi connectivity index (χ0) is 13.0. The van der Waals surface area contributed by atoms with Crippen LogP contribution >= 0.6 is 0 Å². The van der Waals surface area contributed by atoms with Crippen LogP contribution in [-0.2, 0) is 4.79 Å². The third-order valence-electron chi connectivity index (χ3n) is 2.59. The van der Waals surface area contributed by atoms with Crippen molar-refractivity contribution in [1.29, 1.82) is 0 Å². The molecule has 1 amide bonds. The molecule has 0 unspecified atom stereocenters. The van der Waals surface area contributed by atoms with Gasteiger partial charge in [-0.2, -0.15) is 0 Å². The van der Waals surface area contributed by atoms with Crippen LogP contribution in [0.4, 0.5) is 10.1 Å². The van der Waals surface area contributed by atoms with Crippen molar-refractivity contribution in [2.45, 2.75) is 26.3 Å². The van der Waals surface area contributed by atoms with E-state index in [-0.39, 0.29) is 11.7 Å². The average molecular weight is 238 g/mol. The van der Waals surface area contributed by atoms with Crippen molar-refractivity contribution in [2.24, 2.45) is 11.7 Å². The minimum absolute atomic E-state index is 0.148. The first-order valence-corrected chi connectivity index (χ1v) is 5.70. The monoisotopic (exact) mass is 238 g/mol. The molecule has 1 aromatic carbocycles. The summed E-state index contributed by atoms with van der Waals surface area (Å²) in [4.78, 5) is 13.4. The first-order chi connectivity index (χ1) is 7.91. The Hall–Kier alpha value is -1.42. The maximum absolute atomic E-state index is 12.8. The molecule has 1 aromatic rings. The topological polar surface area (TPSA) is 46.3 Å². The number of halogens is 1. The van der Waals surface area contributed by atoms with Crippen molar-refractivity contribution in [3.8, 4) is 0 Å². The summed E-state index contributed by atoms with van der Waals surface area (Å²) in [5.74, 6) is -0.0954. The van der Waals surface area contributed by atoms with E-state index in [1.165, 1.54) is 17.0 Å². The van der Waals surface area contributed by atoms with Crippen LogP contribution in [0.15, 0.2) is 24.3 Å². The lowest BCUT2D eigenvalue weighted by atomic mass is 10.0. The van der Waals surface area contributed by atoms with Crippen LogP contribution in [0.2, 0.25) is 0 Å². The molecule has 0 saturated heterocycles. The molecule has 4 heteroatoms. The van der Waals surface area contributed by atoms with Crippen LogP contribution in [0.1, 0.15) is 20.3 Å². The summed E-state index contributed by atoms with van der Waals surface area (Å²) in [6, 6.07) is 5.27. The Kier molecular flexibility index (Phi) is 4.63. The number of anilines is 1. The molecule has 1 rings (SSSR count). The molecule has 0 saturated carbocycles. The predicted molar refractivity (Wildman–Crippen MR) is 67.2 cm³/mol. The summed E-state index contributed by atoms with van der Waals surface area (Å²) in [5, 5.41) is 0. The van der Waals surface area contributed by atoms with E-state index in [2.05, 4.69) is 0 Å². The van der Waals surface area contributed by atoms with Gasteiger partial charge >= 0.3 is 0 Å². The molecule has 0 aliphatic heterocycles. The number of nitrogens with zero attached hydrogens (tertiary/aromatic N) is 1. The molecule has 1 atom stereocenters. The van der Waals surface area contributed by atoms with Crippen molar-refractivity contribution in [1.82, 2.24) is 0 Å². The second-order valence-electron chi connectivity index (χ2n) is 4.61. The molecule has 2 N–H and O–H groups in total. The largest absolute Gasteiger partial charge is 0.320 e. The second-order valence-corrected chi connectivity index (χ2v) is 4.61. The fraction of sp³-hybridized carbons (Fsp3) is 0.462. The summed E-state index contributed by atoms with van der Waals surface area (Å²) in [5.41, 5.74) is 6.47. The smallest absolute Gasteiger partial charge is 0.243 e. The highest BCUT2D eigenvalue weighted by Crippen LogP contribution is 2.15. The van der Waals surface area contributed by atoms with Gasteiger partial charge in [0.25, 0.3) is 0 Å². The molecule has 0 heterocycles. The second kappa shape index (κ2) is 5.77. The van der Waals surface area contributed by atoms with Gasteiger partial charge in [-0.05, 0) is 36.6 Å². The van der Waals surface area contributed by atoms with Gasteiger partial charge in [-0.15, -0.1) is 0 Å². The van der Waals surface area contributed by atoms with Crippen LogP contribution in [0.25, 0.3) is 0 Å². The lowest BCUT2D eigenvalue weighted by Gasteiger charge is -2.22. The highest BCUT2D eigenvalue weighted by molar-refractivity contribution is 5.96. The van der Waals surface area contributed by atoms with Crippen LogP contribution in [-0.4, -0.2) is 19.0 Å². The molecule has 0 fully saturated rings. The summed E-state index contributed by atoms with van der Waals surface area (Å²) in [7, 11) is 1.65. The molecule has 0 aliphatic rings. The summed E-state index contributed by atoms with van der Waals surface area (Å²) in [6.07, 6.45) is 0.643. The zero-order valence-electron chi connectivity index (χ0n) is 10.5. The Morgan fingerprint density at radius 1 is 1.35 bits per heavy atom. The van der Waals surface area contributed by atoms with Gasteiger partial charge in [0.2, 0.25) is 5.91 Å². The van der Waals surface area contributed by atoms with Crippen LogP contribution in [0.5, 0.6) is 0 Å². The fourth-order valence-corrected chi connectivity index (χ4v) is 1.65. The van der Waals surface area contributed by atoms with Crippen molar-refractivity contribution in [2.75, 3.05) is 11.9 Å². The first kappa shape index (κ1) is 13.6. The lowest BCUT2D eigenvalue weighted by Crippen LogP contribution is -2.42. The Balaban J connectivity index is 2.72. The number of rotatable bonds is 4. The summed E-state index contributed by atoms with van der Waals surface area (Å²) >= 11 is 0. The molecule has 17 heavy (non-hydrogen) atoms. The molecule has 0 aromatic heterocycles. The highest BCUT2D eigenvalue weighted by atomic mass is 19.1. The van der Waals surface area contributed by atoms with E-state index >= 15 is 0 Å². The van der Waals surface area contributed by atoms with Crippen molar-refractivity contribution in [3.05, 3.63) is 30.1 Å². The summed E-state index contributed by atoms with van der Waals surface area (Å²) < 4.78 is 12.8. The number of hydrogen-bond donors (Lipinski definition) is 1. The molecule has 0 spiro atoms. The van der Waals surface area contributed by atoms with Gasteiger partial charge in [0.05, 0.1) is 6.04 Å². The molecule has 0 radical (unpaired) electrons. The van der Waals surface area contributed by atoms with Crippen molar-refractivity contribution < 1.29 is 9.18 Å². The maximum Gasteiger partial charge on any atom is 0.243 e. The van der Waals surface area contributed by atoms with E-state index in [1.807, 2.05) is 13.8 Å². The first-order valence-electron chi connectivity index (χ1n) is 5.70. The van der Waals surface area contributed by atoms with Gasteiger partial charge in [0.15, 0.2) is 0 Å². The number of amides is 1. The van der Waals surface area contributed by atoms with Crippen molar-refractivity contribution >= 4 is 11.6 Å². The number of carbonyl (C=O) groups is 1. The van der Waals surface area contributed by atoms with Gasteiger partial charge in [0.1, 0.15) is 5.82 Å². The standard InChI is InChI=1S/C13H19FN2O/c1-9(2)8-12(15)13(17)16(3)11-6-4-10(14)5-7-11/h4-7,9,12H,8,15H2,1-3H3/t12-/m1/s1. The number of nitrogens with two attached hydrogens (primary N) is 1. The molecular weight excluding hydrogens is 219 g/mol. The normalized spacial score (nSPS) is 12.6. The number of carbonyl (C=O) groups excluding carboxylic acids is 1. The SMILES string of the molecule is CC(C)C[C@@H](N)C(=O)N(C)c1ccc(F)cc1. The van der Waals surface area contributed by atoms with Crippen LogP contribution < -0.4 is 10.6 Å². The Bertz CT molecular complexity index is 376.